The van der Waals surface area contributed by atoms with E-state index in [4.69, 9.17) is 4.74 Å². The predicted octanol–water partition coefficient (Wildman–Crippen LogP) is 1.80. The highest BCUT2D eigenvalue weighted by Gasteiger charge is 2.53. The summed E-state index contributed by atoms with van der Waals surface area (Å²) in [6.45, 7) is 2.02. The molecule has 0 aromatic rings. The van der Waals surface area contributed by atoms with Crippen molar-refractivity contribution in [3.8, 4) is 0 Å². The van der Waals surface area contributed by atoms with Crippen LogP contribution in [-0.2, 0) is 9.53 Å². The summed E-state index contributed by atoms with van der Waals surface area (Å²) in [6, 6.07) is 0. The smallest absolute Gasteiger partial charge is 0.312 e. The van der Waals surface area contributed by atoms with E-state index in [1.165, 1.54) is 26.4 Å². The highest BCUT2D eigenvalue weighted by Crippen LogP contribution is 2.55. The average Bonchev–Trinajstić information content (AvgIpc) is 2.62. The van der Waals surface area contributed by atoms with Crippen molar-refractivity contribution >= 4 is 5.97 Å². The van der Waals surface area contributed by atoms with Crippen LogP contribution in [-0.4, -0.2) is 13.1 Å². The maximum Gasteiger partial charge on any atom is 0.312 e. The van der Waals surface area contributed by atoms with E-state index in [-0.39, 0.29) is 11.4 Å². The maximum absolute atomic E-state index is 11.5. The minimum absolute atomic E-state index is 0.0466. The summed E-state index contributed by atoms with van der Waals surface area (Å²) < 4.78 is 4.82. The second kappa shape index (κ2) is 2.48. The first kappa shape index (κ1) is 8.09. The van der Waals surface area contributed by atoms with Crippen LogP contribution in [0.15, 0.2) is 0 Å². The third-order valence-electron chi connectivity index (χ3n) is 3.53. The molecular formula is C10H15O2. The molecule has 0 unspecified atom stereocenters. The van der Waals surface area contributed by atoms with Gasteiger partial charge in [-0.05, 0) is 44.4 Å². The van der Waals surface area contributed by atoms with E-state index in [2.05, 4.69) is 6.42 Å². The molecule has 2 aliphatic rings. The van der Waals surface area contributed by atoms with Crippen LogP contribution in [0.2, 0.25) is 0 Å². The molecule has 2 aliphatic carbocycles. The zero-order valence-corrected chi connectivity index (χ0v) is 7.67. The Kier molecular flexibility index (Phi) is 1.67. The lowest BCUT2D eigenvalue weighted by Gasteiger charge is -2.30. The van der Waals surface area contributed by atoms with Gasteiger partial charge in [0.2, 0.25) is 0 Å². The maximum atomic E-state index is 11.5. The Morgan fingerprint density at radius 1 is 1.58 bits per heavy atom. The highest BCUT2D eigenvalue weighted by molar-refractivity contribution is 5.79. The molecule has 1 radical (unpaired) electrons. The van der Waals surface area contributed by atoms with Gasteiger partial charge in [0.15, 0.2) is 0 Å². The summed E-state index contributed by atoms with van der Waals surface area (Å²) in [4.78, 5) is 11.5. The Labute approximate surface area is 73.3 Å². The first-order chi connectivity index (χ1) is 5.66. The Bertz CT molecular complexity index is 212. The van der Waals surface area contributed by atoms with Gasteiger partial charge in [-0.3, -0.25) is 4.79 Å². The zero-order chi connectivity index (χ0) is 8.77. The average molecular weight is 167 g/mol. The van der Waals surface area contributed by atoms with Crippen LogP contribution in [0, 0.1) is 23.7 Å². The number of ether oxygens (including phenoxy) is 1. The van der Waals surface area contributed by atoms with E-state index < -0.39 is 0 Å². The van der Waals surface area contributed by atoms with Gasteiger partial charge in [0.1, 0.15) is 0 Å². The monoisotopic (exact) mass is 167 g/mol. The molecule has 2 nitrogen and oxygen atoms in total. The van der Waals surface area contributed by atoms with Gasteiger partial charge >= 0.3 is 5.97 Å². The molecule has 2 heteroatoms. The van der Waals surface area contributed by atoms with Crippen LogP contribution in [0.4, 0.5) is 0 Å². The summed E-state index contributed by atoms with van der Waals surface area (Å²) in [5.41, 5.74) is -0.266. The lowest BCUT2D eigenvalue weighted by Crippen LogP contribution is -2.34. The van der Waals surface area contributed by atoms with Crippen molar-refractivity contribution in [3.63, 3.8) is 0 Å². The van der Waals surface area contributed by atoms with Crippen LogP contribution >= 0.6 is 0 Å². The van der Waals surface area contributed by atoms with Crippen LogP contribution in [0.25, 0.3) is 0 Å². The second-order valence-electron chi connectivity index (χ2n) is 4.21. The molecule has 0 aromatic carbocycles. The molecule has 12 heavy (non-hydrogen) atoms. The van der Waals surface area contributed by atoms with Gasteiger partial charge in [-0.25, -0.2) is 0 Å². The van der Waals surface area contributed by atoms with Gasteiger partial charge in [-0.2, -0.15) is 0 Å². The minimum Gasteiger partial charge on any atom is -0.469 e. The van der Waals surface area contributed by atoms with Crippen molar-refractivity contribution in [2.75, 3.05) is 7.11 Å². The lowest BCUT2D eigenvalue weighted by molar-refractivity contribution is -0.152. The molecule has 0 N–H and O–H groups in total. The fourth-order valence-electron chi connectivity index (χ4n) is 2.79. The van der Waals surface area contributed by atoms with Gasteiger partial charge in [-0.15, -0.1) is 0 Å². The summed E-state index contributed by atoms with van der Waals surface area (Å²) >= 11 is 0. The molecule has 67 valence electrons. The molecule has 0 aromatic heterocycles. The molecule has 2 bridgehead atoms. The Morgan fingerprint density at radius 3 is 2.75 bits per heavy atom. The summed E-state index contributed by atoms with van der Waals surface area (Å²) in [5.74, 6) is 1.18. The van der Waals surface area contributed by atoms with Crippen molar-refractivity contribution < 1.29 is 9.53 Å². The van der Waals surface area contributed by atoms with Crippen molar-refractivity contribution in [3.05, 3.63) is 6.42 Å². The van der Waals surface area contributed by atoms with Gasteiger partial charge < -0.3 is 4.74 Å². The fraction of sp³-hybridized carbons (Fsp3) is 0.800. The topological polar surface area (TPSA) is 26.3 Å². The molecule has 2 rings (SSSR count). The third-order valence-corrected chi connectivity index (χ3v) is 3.53. The molecule has 0 spiro atoms. The molecule has 0 saturated heterocycles. The quantitative estimate of drug-likeness (QED) is 0.557. The summed E-state index contributed by atoms with van der Waals surface area (Å²) in [6.07, 6.45) is 5.88. The SMILES string of the molecule is COC(=O)[C@]1(C)[CH][C@H]2CC[C@@H]1C2. The molecule has 0 heterocycles. The molecular weight excluding hydrogens is 152 g/mol. The van der Waals surface area contributed by atoms with E-state index in [0.29, 0.717) is 11.8 Å². The van der Waals surface area contributed by atoms with Crippen molar-refractivity contribution in [2.24, 2.45) is 17.3 Å². The predicted molar refractivity (Wildman–Crippen MR) is 45.3 cm³/mol. The van der Waals surface area contributed by atoms with Gasteiger partial charge in [0.25, 0.3) is 0 Å². The number of methoxy groups -OCH3 is 1. The van der Waals surface area contributed by atoms with E-state index in [1.54, 1.807) is 0 Å². The minimum atomic E-state index is -0.266. The van der Waals surface area contributed by atoms with E-state index in [9.17, 15) is 4.79 Å². The number of carbonyl (C=O) groups excluding carboxylic acids is 1. The number of fused-ring (bicyclic) bond motifs is 2. The Morgan fingerprint density at radius 2 is 2.33 bits per heavy atom. The molecule has 3 atom stereocenters. The van der Waals surface area contributed by atoms with Crippen molar-refractivity contribution in [2.45, 2.75) is 26.2 Å². The standard InChI is InChI=1S/C10H15O2/c1-10(9(11)12-2)6-7-3-4-8(10)5-7/h6-8H,3-5H2,1-2H3/t7-,8+,10+/m0/s1. The molecule has 0 amide bonds. The number of hydrogen-bond donors (Lipinski definition) is 0. The third kappa shape index (κ3) is 0.900. The van der Waals surface area contributed by atoms with E-state index in [0.717, 1.165) is 0 Å². The molecule has 0 aliphatic heterocycles. The summed E-state index contributed by atoms with van der Waals surface area (Å²) in [5, 5.41) is 0. The van der Waals surface area contributed by atoms with Crippen LogP contribution in [0.1, 0.15) is 26.2 Å². The number of esters is 1. The van der Waals surface area contributed by atoms with E-state index in [1.807, 2.05) is 6.92 Å². The first-order valence-electron chi connectivity index (χ1n) is 4.61. The van der Waals surface area contributed by atoms with E-state index >= 15 is 0 Å². The second-order valence-corrected chi connectivity index (χ2v) is 4.21. The summed E-state index contributed by atoms with van der Waals surface area (Å²) in [7, 11) is 1.48. The lowest BCUT2D eigenvalue weighted by atomic mass is 9.75. The Hall–Kier alpha value is -0.530. The normalized spacial score (nSPS) is 44.8. The van der Waals surface area contributed by atoms with Crippen molar-refractivity contribution in [1.82, 2.24) is 0 Å². The van der Waals surface area contributed by atoms with Gasteiger partial charge in [0.05, 0.1) is 12.5 Å². The Balaban J connectivity index is 2.17. The number of carbonyl (C=O) groups is 1. The van der Waals surface area contributed by atoms with Gasteiger partial charge in [-0.1, -0.05) is 0 Å². The highest BCUT2D eigenvalue weighted by atomic mass is 16.5. The largest absolute Gasteiger partial charge is 0.469 e. The van der Waals surface area contributed by atoms with Crippen LogP contribution in [0.3, 0.4) is 0 Å². The van der Waals surface area contributed by atoms with Crippen LogP contribution in [0.5, 0.6) is 0 Å². The van der Waals surface area contributed by atoms with Crippen LogP contribution < -0.4 is 0 Å². The zero-order valence-electron chi connectivity index (χ0n) is 7.67. The molecule has 2 saturated carbocycles. The number of hydrogen-bond acceptors (Lipinski definition) is 2. The number of rotatable bonds is 1. The van der Waals surface area contributed by atoms with Crippen molar-refractivity contribution in [1.29, 1.82) is 0 Å². The first-order valence-corrected chi connectivity index (χ1v) is 4.61. The fourth-order valence-corrected chi connectivity index (χ4v) is 2.79. The molecule has 2 fully saturated rings. The van der Waals surface area contributed by atoms with Gasteiger partial charge in [0, 0.05) is 0 Å².